The van der Waals surface area contributed by atoms with Crippen LogP contribution in [0.3, 0.4) is 0 Å². The van der Waals surface area contributed by atoms with Gasteiger partial charge in [0.2, 0.25) is 0 Å². The van der Waals surface area contributed by atoms with Crippen molar-refractivity contribution in [2.45, 2.75) is 32.0 Å². The summed E-state index contributed by atoms with van der Waals surface area (Å²) in [5.41, 5.74) is 1.87. The third-order valence-corrected chi connectivity index (χ3v) is 3.82. The SMILES string of the molecule is FC(F)(F)CCCCn1c(=S)[nH]c2cc(I)ccc21. The fraction of sp³-hybridized carbons (Fsp3) is 0.417. The van der Waals surface area contributed by atoms with E-state index in [0.29, 0.717) is 17.7 Å². The zero-order valence-electron chi connectivity index (χ0n) is 9.93. The number of nitrogens with one attached hydrogen (secondary N) is 1. The molecule has 0 bridgehead atoms. The van der Waals surface area contributed by atoms with Gasteiger partial charge in [0, 0.05) is 16.5 Å². The number of hydrogen-bond acceptors (Lipinski definition) is 1. The van der Waals surface area contributed by atoms with Crippen LogP contribution >= 0.6 is 34.8 Å². The van der Waals surface area contributed by atoms with E-state index < -0.39 is 12.6 Å². The van der Waals surface area contributed by atoms with Gasteiger partial charge in [0.25, 0.3) is 0 Å². The third kappa shape index (κ3) is 3.95. The maximum atomic E-state index is 12.1. The molecular formula is C12H12F3IN2S. The third-order valence-electron chi connectivity index (χ3n) is 2.83. The van der Waals surface area contributed by atoms with Crippen molar-refractivity contribution < 1.29 is 13.2 Å². The predicted octanol–water partition coefficient (Wildman–Crippen LogP) is 5.04. The van der Waals surface area contributed by atoms with E-state index in [-0.39, 0.29) is 6.42 Å². The number of H-pyrrole nitrogens is 1. The number of nitrogens with zero attached hydrogens (tertiary/aromatic N) is 1. The van der Waals surface area contributed by atoms with Crippen molar-refractivity contribution in [3.63, 3.8) is 0 Å². The average Bonchev–Trinajstić information content (AvgIpc) is 2.58. The Morgan fingerprint density at radius 2 is 2.00 bits per heavy atom. The predicted molar refractivity (Wildman–Crippen MR) is 79.7 cm³/mol. The molecule has 0 aliphatic rings. The van der Waals surface area contributed by atoms with Crippen LogP contribution < -0.4 is 0 Å². The van der Waals surface area contributed by atoms with Crippen LogP contribution in [0, 0.1) is 8.34 Å². The number of aryl methyl sites for hydroxylation is 1. The van der Waals surface area contributed by atoms with Gasteiger partial charge >= 0.3 is 6.18 Å². The van der Waals surface area contributed by atoms with Gasteiger partial charge in [0.05, 0.1) is 11.0 Å². The first kappa shape index (κ1) is 14.8. The van der Waals surface area contributed by atoms with Crippen LogP contribution in [0.25, 0.3) is 11.0 Å². The van der Waals surface area contributed by atoms with E-state index in [1.807, 2.05) is 22.8 Å². The van der Waals surface area contributed by atoms with Crippen molar-refractivity contribution in [1.82, 2.24) is 9.55 Å². The summed E-state index contributed by atoms with van der Waals surface area (Å²) in [7, 11) is 0. The lowest BCUT2D eigenvalue weighted by Crippen LogP contribution is -2.07. The van der Waals surface area contributed by atoms with Crippen LogP contribution in [0.5, 0.6) is 0 Å². The molecule has 2 rings (SSSR count). The van der Waals surface area contributed by atoms with E-state index in [4.69, 9.17) is 12.2 Å². The molecule has 2 aromatic rings. The number of benzene rings is 1. The number of fused-ring (bicyclic) bond motifs is 1. The minimum atomic E-state index is -4.07. The molecule has 0 aliphatic carbocycles. The van der Waals surface area contributed by atoms with Crippen molar-refractivity contribution in [2.75, 3.05) is 0 Å². The second kappa shape index (κ2) is 5.82. The van der Waals surface area contributed by atoms with Crippen molar-refractivity contribution >= 4 is 45.8 Å². The molecular weight excluding hydrogens is 388 g/mol. The van der Waals surface area contributed by atoms with Gasteiger partial charge in [0.15, 0.2) is 4.77 Å². The van der Waals surface area contributed by atoms with Crippen LogP contribution in [0.2, 0.25) is 0 Å². The van der Waals surface area contributed by atoms with Crippen molar-refractivity contribution in [2.24, 2.45) is 0 Å². The van der Waals surface area contributed by atoms with Gasteiger partial charge < -0.3 is 9.55 Å². The van der Waals surface area contributed by atoms with Crippen LogP contribution in [-0.2, 0) is 6.54 Å². The largest absolute Gasteiger partial charge is 0.389 e. The van der Waals surface area contributed by atoms with E-state index in [9.17, 15) is 13.2 Å². The first-order valence-corrected chi connectivity index (χ1v) is 7.30. The van der Waals surface area contributed by atoms with Crippen LogP contribution in [0.15, 0.2) is 18.2 Å². The lowest BCUT2D eigenvalue weighted by Gasteiger charge is -2.07. The van der Waals surface area contributed by atoms with Gasteiger partial charge in [-0.25, -0.2) is 0 Å². The molecule has 0 unspecified atom stereocenters. The van der Waals surface area contributed by atoms with E-state index >= 15 is 0 Å². The second-order valence-corrected chi connectivity index (χ2v) is 5.95. The molecule has 1 N–H and O–H groups in total. The summed E-state index contributed by atoms with van der Waals surface area (Å²) in [4.78, 5) is 3.08. The molecule has 1 aromatic heterocycles. The van der Waals surface area contributed by atoms with Crippen molar-refractivity contribution in [1.29, 1.82) is 0 Å². The summed E-state index contributed by atoms with van der Waals surface area (Å²) in [6.07, 6.45) is -4.21. The Kier molecular flexibility index (Phi) is 4.54. The maximum Gasteiger partial charge on any atom is 0.389 e. The number of hydrogen-bond donors (Lipinski definition) is 1. The fourth-order valence-corrected chi connectivity index (χ4v) is 2.74. The highest BCUT2D eigenvalue weighted by Gasteiger charge is 2.25. The van der Waals surface area contributed by atoms with Gasteiger partial charge in [-0.05, 0) is 65.8 Å². The Hall–Kier alpha value is -0.570. The van der Waals surface area contributed by atoms with Gasteiger partial charge in [-0.3, -0.25) is 0 Å². The quantitative estimate of drug-likeness (QED) is 0.434. The number of aromatic amines is 1. The first-order valence-electron chi connectivity index (χ1n) is 5.82. The van der Waals surface area contributed by atoms with Gasteiger partial charge in [-0.1, -0.05) is 0 Å². The monoisotopic (exact) mass is 400 g/mol. The molecule has 19 heavy (non-hydrogen) atoms. The Bertz CT molecular complexity index is 630. The standard InChI is InChI=1S/C12H12F3IN2S/c13-12(14,15)5-1-2-6-18-10-4-3-8(16)7-9(10)17-11(18)19/h3-4,7H,1-2,5-6H2,(H,17,19). The topological polar surface area (TPSA) is 20.7 Å². The van der Waals surface area contributed by atoms with E-state index in [1.54, 1.807) is 0 Å². The van der Waals surface area contributed by atoms with E-state index in [0.717, 1.165) is 14.6 Å². The average molecular weight is 400 g/mol. The molecule has 1 aromatic carbocycles. The lowest BCUT2D eigenvalue weighted by atomic mass is 10.2. The maximum absolute atomic E-state index is 12.1. The highest BCUT2D eigenvalue weighted by atomic mass is 127. The zero-order chi connectivity index (χ0) is 14.0. The summed E-state index contributed by atoms with van der Waals surface area (Å²) in [5.74, 6) is 0. The van der Waals surface area contributed by atoms with Crippen LogP contribution in [0.4, 0.5) is 13.2 Å². The lowest BCUT2D eigenvalue weighted by molar-refractivity contribution is -0.135. The smallest absolute Gasteiger partial charge is 0.331 e. The van der Waals surface area contributed by atoms with Crippen molar-refractivity contribution in [3.05, 3.63) is 26.5 Å². The van der Waals surface area contributed by atoms with Crippen LogP contribution in [0.1, 0.15) is 19.3 Å². The summed E-state index contributed by atoms with van der Waals surface area (Å²) < 4.78 is 39.7. The molecule has 0 saturated carbocycles. The normalized spacial score (nSPS) is 12.2. The Morgan fingerprint density at radius 1 is 1.26 bits per heavy atom. The van der Waals surface area contributed by atoms with Crippen LogP contribution in [-0.4, -0.2) is 15.7 Å². The Labute approximate surface area is 127 Å². The summed E-state index contributed by atoms with van der Waals surface area (Å²) in [5, 5.41) is 0. The first-order chi connectivity index (χ1) is 8.87. The van der Waals surface area contributed by atoms with E-state index in [1.165, 1.54) is 0 Å². The Balaban J connectivity index is 2.09. The number of imidazole rings is 1. The molecule has 0 amide bonds. The Morgan fingerprint density at radius 3 is 2.68 bits per heavy atom. The number of alkyl halides is 3. The molecule has 0 atom stereocenters. The molecule has 1 heterocycles. The zero-order valence-corrected chi connectivity index (χ0v) is 12.9. The molecule has 2 nitrogen and oxygen atoms in total. The minimum Gasteiger partial charge on any atom is -0.331 e. The van der Waals surface area contributed by atoms with Gasteiger partial charge in [-0.2, -0.15) is 13.2 Å². The second-order valence-electron chi connectivity index (χ2n) is 4.32. The molecule has 0 radical (unpaired) electrons. The minimum absolute atomic E-state index is 0.127. The number of unbranched alkanes of at least 4 members (excludes halogenated alkanes) is 1. The van der Waals surface area contributed by atoms with Gasteiger partial charge in [0.1, 0.15) is 0 Å². The molecule has 0 spiro atoms. The summed E-state index contributed by atoms with van der Waals surface area (Å²) in [6.45, 7) is 0.509. The molecule has 0 fully saturated rings. The van der Waals surface area contributed by atoms with E-state index in [2.05, 4.69) is 27.6 Å². The number of halogens is 4. The fourth-order valence-electron chi connectivity index (χ4n) is 1.95. The van der Waals surface area contributed by atoms with Crippen molar-refractivity contribution in [3.8, 4) is 0 Å². The number of aromatic nitrogens is 2. The van der Waals surface area contributed by atoms with Gasteiger partial charge in [-0.15, -0.1) is 0 Å². The molecule has 0 aliphatic heterocycles. The summed E-state index contributed by atoms with van der Waals surface area (Å²) >= 11 is 7.41. The highest BCUT2D eigenvalue weighted by molar-refractivity contribution is 14.1. The molecule has 104 valence electrons. The molecule has 7 heteroatoms. The number of rotatable bonds is 4. The highest BCUT2D eigenvalue weighted by Crippen LogP contribution is 2.23. The summed E-state index contributed by atoms with van der Waals surface area (Å²) in [6, 6.07) is 5.86. The molecule has 0 saturated heterocycles.